The van der Waals surface area contributed by atoms with Crippen molar-refractivity contribution in [2.45, 2.75) is 0 Å². The first-order valence-corrected chi connectivity index (χ1v) is 5.02. The third-order valence-corrected chi connectivity index (χ3v) is 2.04. The van der Waals surface area contributed by atoms with Gasteiger partial charge in [0.2, 0.25) is 0 Å². The minimum Gasteiger partial charge on any atom is -0.496 e. The molecule has 0 aliphatic carbocycles. The minimum absolute atomic E-state index is 0.0266. The Labute approximate surface area is 103 Å². The lowest BCUT2D eigenvalue weighted by Gasteiger charge is -2.10. The smallest absolute Gasteiger partial charge is 0.273 e. The summed E-state index contributed by atoms with van der Waals surface area (Å²) in [6.07, 6.45) is 0. The molecule has 86 valence electrons. The van der Waals surface area contributed by atoms with Gasteiger partial charge in [-0.15, -0.1) is 0 Å². The zero-order valence-electron chi connectivity index (χ0n) is 8.41. The van der Waals surface area contributed by atoms with Gasteiger partial charge in [0.25, 0.3) is 5.91 Å². The summed E-state index contributed by atoms with van der Waals surface area (Å²) in [5.74, 6) is -0.0453. The van der Waals surface area contributed by atoms with Crippen molar-refractivity contribution in [2.24, 2.45) is 5.73 Å². The van der Waals surface area contributed by atoms with Gasteiger partial charge in [-0.05, 0) is 30.4 Å². The Hall–Kier alpha value is -1.53. The minimum atomic E-state index is -0.415. The van der Waals surface area contributed by atoms with Crippen LogP contribution in [-0.2, 0) is 0 Å². The highest BCUT2D eigenvalue weighted by molar-refractivity contribution is 7.80. The molecule has 5 nitrogen and oxygen atoms in total. The maximum absolute atomic E-state index is 11.6. The quantitative estimate of drug-likeness (QED) is 0.542. The molecule has 0 aliphatic rings. The van der Waals surface area contributed by atoms with E-state index in [4.69, 9.17) is 22.1 Å². The highest BCUT2D eigenvalue weighted by atomic mass is 35.5. The lowest BCUT2D eigenvalue weighted by Crippen LogP contribution is -2.44. The van der Waals surface area contributed by atoms with Gasteiger partial charge >= 0.3 is 0 Å². The van der Waals surface area contributed by atoms with E-state index in [-0.39, 0.29) is 5.11 Å². The number of methoxy groups -OCH3 is 1. The molecule has 0 heterocycles. The van der Waals surface area contributed by atoms with E-state index in [9.17, 15) is 4.79 Å². The fraction of sp³-hybridized carbons (Fsp3) is 0.111. The lowest BCUT2D eigenvalue weighted by molar-refractivity contribution is 0.0941. The summed E-state index contributed by atoms with van der Waals surface area (Å²) >= 11 is 10.3. The molecule has 0 atom stereocenters. The van der Waals surface area contributed by atoms with E-state index in [0.717, 1.165) is 0 Å². The Morgan fingerprint density at radius 2 is 2.19 bits per heavy atom. The Morgan fingerprint density at radius 3 is 2.75 bits per heavy atom. The largest absolute Gasteiger partial charge is 0.496 e. The maximum atomic E-state index is 11.6. The molecule has 1 rings (SSSR count). The lowest BCUT2D eigenvalue weighted by atomic mass is 10.2. The Kier molecular flexibility index (Phi) is 4.33. The normalized spacial score (nSPS) is 9.38. The molecule has 0 unspecified atom stereocenters. The molecule has 16 heavy (non-hydrogen) atoms. The molecule has 0 aromatic heterocycles. The van der Waals surface area contributed by atoms with E-state index in [1.165, 1.54) is 19.2 Å². The molecule has 0 fully saturated rings. The summed E-state index contributed by atoms with van der Waals surface area (Å²) in [4.78, 5) is 11.6. The third kappa shape index (κ3) is 3.25. The Bertz CT molecular complexity index is 425. The Balaban J connectivity index is 2.86. The summed E-state index contributed by atoms with van der Waals surface area (Å²) in [6.45, 7) is 0. The zero-order chi connectivity index (χ0) is 12.1. The second-order valence-electron chi connectivity index (χ2n) is 2.79. The highest BCUT2D eigenvalue weighted by Crippen LogP contribution is 2.22. The van der Waals surface area contributed by atoms with E-state index in [0.29, 0.717) is 16.3 Å². The number of benzene rings is 1. The highest BCUT2D eigenvalue weighted by Gasteiger charge is 2.12. The number of rotatable bonds is 2. The molecule has 1 aromatic rings. The van der Waals surface area contributed by atoms with Crippen molar-refractivity contribution in [3.63, 3.8) is 0 Å². The van der Waals surface area contributed by atoms with Crippen LogP contribution in [0.1, 0.15) is 10.4 Å². The first-order chi connectivity index (χ1) is 7.54. The van der Waals surface area contributed by atoms with Crippen LogP contribution in [0.15, 0.2) is 18.2 Å². The van der Waals surface area contributed by atoms with Gasteiger partial charge in [-0.2, -0.15) is 0 Å². The number of hydrogen-bond donors (Lipinski definition) is 3. The summed E-state index contributed by atoms with van der Waals surface area (Å²) in [6, 6.07) is 4.66. The number of halogens is 1. The van der Waals surface area contributed by atoms with Gasteiger partial charge in [-0.25, -0.2) is 0 Å². The van der Waals surface area contributed by atoms with E-state index in [1.54, 1.807) is 6.07 Å². The van der Waals surface area contributed by atoms with Gasteiger partial charge in [0.15, 0.2) is 5.11 Å². The van der Waals surface area contributed by atoms with Crippen LogP contribution in [0.5, 0.6) is 5.75 Å². The number of carbonyl (C=O) groups is 1. The average molecular weight is 260 g/mol. The second-order valence-corrected chi connectivity index (χ2v) is 3.66. The SMILES string of the molecule is COc1cc(Cl)ccc1C(=O)NNC(N)=S. The summed E-state index contributed by atoms with van der Waals surface area (Å²) in [5.41, 5.74) is 10.1. The fourth-order valence-electron chi connectivity index (χ4n) is 1.04. The molecule has 0 aliphatic heterocycles. The number of nitrogens with two attached hydrogens (primary N) is 1. The van der Waals surface area contributed by atoms with Crippen LogP contribution in [0.25, 0.3) is 0 Å². The van der Waals surface area contributed by atoms with Crippen LogP contribution in [-0.4, -0.2) is 18.1 Å². The standard InChI is InChI=1S/C9H10ClN3O2S/c1-15-7-4-5(10)2-3-6(7)8(14)12-13-9(11)16/h2-4H,1H3,(H,12,14)(H3,11,13,16). The summed E-state index contributed by atoms with van der Waals surface area (Å²) in [7, 11) is 1.45. The Morgan fingerprint density at radius 1 is 1.50 bits per heavy atom. The molecule has 0 bridgehead atoms. The number of thiocarbonyl (C=S) groups is 1. The van der Waals surface area contributed by atoms with Crippen molar-refractivity contribution in [1.82, 2.24) is 10.9 Å². The number of hydrazine groups is 1. The number of nitrogens with one attached hydrogen (secondary N) is 2. The van der Waals surface area contributed by atoms with Crippen molar-refractivity contribution in [3.8, 4) is 5.75 Å². The molecular weight excluding hydrogens is 250 g/mol. The van der Waals surface area contributed by atoms with E-state index >= 15 is 0 Å². The molecule has 0 radical (unpaired) electrons. The predicted molar refractivity (Wildman–Crippen MR) is 65.4 cm³/mol. The van der Waals surface area contributed by atoms with E-state index < -0.39 is 5.91 Å². The summed E-state index contributed by atoms with van der Waals surface area (Å²) < 4.78 is 5.02. The predicted octanol–water partition coefficient (Wildman–Crippen LogP) is 0.827. The van der Waals surface area contributed by atoms with Crippen LogP contribution in [0.2, 0.25) is 5.02 Å². The molecule has 0 saturated heterocycles. The number of ether oxygens (including phenoxy) is 1. The topological polar surface area (TPSA) is 76.4 Å². The number of hydrogen-bond acceptors (Lipinski definition) is 3. The van der Waals surface area contributed by atoms with E-state index in [1.807, 2.05) is 0 Å². The molecule has 0 spiro atoms. The number of carbonyl (C=O) groups excluding carboxylic acids is 1. The van der Waals surface area contributed by atoms with Gasteiger partial charge < -0.3 is 10.5 Å². The third-order valence-electron chi connectivity index (χ3n) is 1.71. The average Bonchev–Trinajstić information content (AvgIpc) is 2.25. The van der Waals surface area contributed by atoms with Crippen molar-refractivity contribution in [2.75, 3.05) is 7.11 Å². The molecule has 4 N–H and O–H groups in total. The first-order valence-electron chi connectivity index (χ1n) is 4.24. The van der Waals surface area contributed by atoms with Crippen LogP contribution in [0.4, 0.5) is 0 Å². The van der Waals surface area contributed by atoms with Gasteiger partial charge in [-0.1, -0.05) is 11.6 Å². The second kappa shape index (κ2) is 5.53. The molecular formula is C9H10ClN3O2S. The molecule has 1 amide bonds. The number of amides is 1. The van der Waals surface area contributed by atoms with Crippen molar-refractivity contribution in [3.05, 3.63) is 28.8 Å². The van der Waals surface area contributed by atoms with Gasteiger partial charge in [-0.3, -0.25) is 15.6 Å². The van der Waals surface area contributed by atoms with Crippen LogP contribution in [0, 0.1) is 0 Å². The summed E-state index contributed by atoms with van der Waals surface area (Å²) in [5, 5.41) is 0.456. The van der Waals surface area contributed by atoms with Crippen LogP contribution in [0.3, 0.4) is 0 Å². The van der Waals surface area contributed by atoms with Crippen molar-refractivity contribution < 1.29 is 9.53 Å². The van der Waals surface area contributed by atoms with Gasteiger partial charge in [0, 0.05) is 5.02 Å². The zero-order valence-corrected chi connectivity index (χ0v) is 9.98. The van der Waals surface area contributed by atoms with Gasteiger partial charge in [0.1, 0.15) is 5.75 Å². The van der Waals surface area contributed by atoms with Gasteiger partial charge in [0.05, 0.1) is 12.7 Å². The van der Waals surface area contributed by atoms with E-state index in [2.05, 4.69) is 23.1 Å². The first kappa shape index (κ1) is 12.5. The van der Waals surface area contributed by atoms with Crippen molar-refractivity contribution in [1.29, 1.82) is 0 Å². The monoisotopic (exact) mass is 259 g/mol. The van der Waals surface area contributed by atoms with Crippen molar-refractivity contribution >= 4 is 34.8 Å². The molecule has 0 saturated carbocycles. The van der Waals surface area contributed by atoms with Crippen LogP contribution < -0.4 is 21.3 Å². The van der Waals surface area contributed by atoms with Crippen LogP contribution >= 0.6 is 23.8 Å². The fourth-order valence-corrected chi connectivity index (χ4v) is 1.25. The molecule has 1 aromatic carbocycles. The maximum Gasteiger partial charge on any atom is 0.273 e. The molecule has 7 heteroatoms.